The lowest BCUT2D eigenvalue weighted by atomic mass is 9.92. The SMILES string of the molecule is CC(=O)N1CC(CC(=O)[C@H](C)NC(=O)c2cc(C(=O)NCc3ccc4c(c3)CC(=O)CO4)nc3ccnn23)C1. The zero-order chi connectivity index (χ0) is 27.7. The smallest absolute Gasteiger partial charge is 0.270 e. The van der Waals surface area contributed by atoms with Crippen molar-refractivity contribution >= 4 is 34.9 Å². The van der Waals surface area contributed by atoms with Crippen LogP contribution in [0.3, 0.4) is 0 Å². The molecule has 4 heterocycles. The van der Waals surface area contributed by atoms with Crippen molar-refractivity contribution in [2.24, 2.45) is 5.92 Å². The molecular formula is C27H28N6O6. The van der Waals surface area contributed by atoms with Crippen LogP contribution >= 0.6 is 0 Å². The third kappa shape index (κ3) is 5.64. The summed E-state index contributed by atoms with van der Waals surface area (Å²) in [6.07, 6.45) is 2.01. The molecule has 2 aliphatic rings. The van der Waals surface area contributed by atoms with E-state index < -0.39 is 17.9 Å². The van der Waals surface area contributed by atoms with Crippen molar-refractivity contribution in [1.29, 1.82) is 0 Å². The van der Waals surface area contributed by atoms with Gasteiger partial charge < -0.3 is 20.3 Å². The molecule has 12 nitrogen and oxygen atoms in total. The lowest BCUT2D eigenvalue weighted by Crippen LogP contribution is -2.51. The van der Waals surface area contributed by atoms with Crippen LogP contribution in [0.4, 0.5) is 0 Å². The van der Waals surface area contributed by atoms with Gasteiger partial charge in [-0.1, -0.05) is 6.07 Å². The molecule has 1 aromatic carbocycles. The number of amides is 3. The van der Waals surface area contributed by atoms with Crippen molar-refractivity contribution in [3.05, 3.63) is 59.0 Å². The van der Waals surface area contributed by atoms with E-state index in [1.54, 1.807) is 30.0 Å². The predicted octanol–water partition coefficient (Wildman–Crippen LogP) is 0.719. The minimum absolute atomic E-state index is 0.00788. The summed E-state index contributed by atoms with van der Waals surface area (Å²) in [5.74, 6) is -0.496. The zero-order valence-corrected chi connectivity index (χ0v) is 21.6. The number of benzene rings is 1. The number of Topliss-reactive ketones (excluding diaryl/α,β-unsaturated/α-hetero) is 2. The first kappa shape index (κ1) is 26.0. The van der Waals surface area contributed by atoms with Crippen LogP contribution in [0, 0.1) is 5.92 Å². The molecule has 0 saturated carbocycles. The molecular weight excluding hydrogens is 504 g/mol. The number of aromatic nitrogens is 3. The van der Waals surface area contributed by atoms with E-state index in [1.807, 2.05) is 6.07 Å². The second kappa shape index (κ2) is 10.6. The van der Waals surface area contributed by atoms with Crippen LogP contribution < -0.4 is 15.4 Å². The molecule has 202 valence electrons. The van der Waals surface area contributed by atoms with Gasteiger partial charge in [0.25, 0.3) is 11.8 Å². The molecule has 0 bridgehead atoms. The Morgan fingerprint density at radius 1 is 1.13 bits per heavy atom. The summed E-state index contributed by atoms with van der Waals surface area (Å²) >= 11 is 0. The van der Waals surface area contributed by atoms with Crippen LogP contribution in [-0.2, 0) is 27.3 Å². The lowest BCUT2D eigenvalue weighted by Gasteiger charge is -2.38. The summed E-state index contributed by atoms with van der Waals surface area (Å²) in [5, 5.41) is 9.61. The highest BCUT2D eigenvalue weighted by Gasteiger charge is 2.32. The van der Waals surface area contributed by atoms with Crippen LogP contribution in [0.15, 0.2) is 36.5 Å². The molecule has 3 aromatic rings. The van der Waals surface area contributed by atoms with Gasteiger partial charge >= 0.3 is 0 Å². The van der Waals surface area contributed by atoms with E-state index in [1.165, 1.54) is 23.7 Å². The van der Waals surface area contributed by atoms with Crippen molar-refractivity contribution in [2.75, 3.05) is 19.7 Å². The molecule has 0 aliphatic carbocycles. The third-order valence-electron chi connectivity index (χ3n) is 6.90. The number of hydrogen-bond donors (Lipinski definition) is 2. The number of ketones is 2. The number of fused-ring (bicyclic) bond motifs is 2. The van der Waals surface area contributed by atoms with E-state index in [0.717, 1.165) is 11.1 Å². The highest BCUT2D eigenvalue weighted by atomic mass is 16.5. The number of carbonyl (C=O) groups excluding carboxylic acids is 5. The fourth-order valence-electron chi connectivity index (χ4n) is 4.68. The van der Waals surface area contributed by atoms with Gasteiger partial charge in [0.15, 0.2) is 17.2 Å². The summed E-state index contributed by atoms with van der Waals surface area (Å²) in [4.78, 5) is 67.8. The minimum atomic E-state index is -0.764. The molecule has 2 aliphatic heterocycles. The maximum Gasteiger partial charge on any atom is 0.270 e. The summed E-state index contributed by atoms with van der Waals surface area (Å²) in [6.45, 7) is 4.42. The standard InChI is InChI=1S/C27H28N6O6/c1-15(23(36)8-18-12-32(13-18)16(2)34)30-27(38)22-10-21(31-25-5-6-29-33(22)25)26(37)28-11-17-3-4-24-19(7-17)9-20(35)14-39-24/h3-7,10,15,18H,8-9,11-14H2,1-2H3,(H,28,37)(H,30,38)/t15-/m0/s1. The number of hydrogen-bond acceptors (Lipinski definition) is 8. The Kier molecular flexibility index (Phi) is 7.09. The number of likely N-dealkylation sites (tertiary alicyclic amines) is 1. The molecule has 0 radical (unpaired) electrons. The maximum atomic E-state index is 13.1. The van der Waals surface area contributed by atoms with Gasteiger partial charge in [-0.25, -0.2) is 9.50 Å². The fourth-order valence-corrected chi connectivity index (χ4v) is 4.68. The second-order valence-corrected chi connectivity index (χ2v) is 9.91. The molecule has 0 unspecified atom stereocenters. The highest BCUT2D eigenvalue weighted by molar-refractivity contribution is 6.00. The number of rotatable bonds is 8. The molecule has 3 amide bonds. The van der Waals surface area contributed by atoms with Gasteiger partial charge in [0.1, 0.15) is 23.7 Å². The molecule has 1 fully saturated rings. The Balaban J connectivity index is 1.24. The van der Waals surface area contributed by atoms with Crippen LogP contribution in [-0.4, -0.2) is 74.5 Å². The first-order valence-electron chi connectivity index (χ1n) is 12.7. The predicted molar refractivity (Wildman–Crippen MR) is 137 cm³/mol. The highest BCUT2D eigenvalue weighted by Crippen LogP contribution is 2.24. The largest absolute Gasteiger partial charge is 0.486 e. The first-order valence-corrected chi connectivity index (χ1v) is 12.7. The molecule has 12 heteroatoms. The van der Waals surface area contributed by atoms with Gasteiger partial charge in [0, 0.05) is 63.0 Å². The maximum absolute atomic E-state index is 13.1. The Hall–Kier alpha value is -4.61. The summed E-state index contributed by atoms with van der Waals surface area (Å²) in [5.41, 5.74) is 1.94. The summed E-state index contributed by atoms with van der Waals surface area (Å²) in [6, 6.07) is 7.53. The average molecular weight is 533 g/mol. The third-order valence-corrected chi connectivity index (χ3v) is 6.90. The molecule has 39 heavy (non-hydrogen) atoms. The van der Waals surface area contributed by atoms with E-state index in [2.05, 4.69) is 20.7 Å². The average Bonchev–Trinajstić information content (AvgIpc) is 3.36. The van der Waals surface area contributed by atoms with Crippen LogP contribution in [0.1, 0.15) is 52.4 Å². The molecule has 1 atom stereocenters. The van der Waals surface area contributed by atoms with Crippen molar-refractivity contribution in [3.63, 3.8) is 0 Å². The van der Waals surface area contributed by atoms with Gasteiger partial charge in [-0.05, 0) is 24.6 Å². The Labute approximate surface area is 223 Å². The van der Waals surface area contributed by atoms with E-state index in [-0.39, 0.29) is 60.8 Å². The number of ether oxygens (including phenoxy) is 1. The van der Waals surface area contributed by atoms with Crippen molar-refractivity contribution < 1.29 is 28.7 Å². The topological polar surface area (TPSA) is 152 Å². The quantitative estimate of drug-likeness (QED) is 0.431. The van der Waals surface area contributed by atoms with Crippen LogP contribution in [0.2, 0.25) is 0 Å². The van der Waals surface area contributed by atoms with Crippen LogP contribution in [0.25, 0.3) is 5.65 Å². The number of nitrogens with zero attached hydrogens (tertiary/aromatic N) is 4. The van der Waals surface area contributed by atoms with E-state index in [4.69, 9.17) is 4.74 Å². The Morgan fingerprint density at radius 3 is 2.69 bits per heavy atom. The van der Waals surface area contributed by atoms with Gasteiger partial charge in [0.05, 0.1) is 12.2 Å². The van der Waals surface area contributed by atoms with Gasteiger partial charge in [-0.15, -0.1) is 0 Å². The fraction of sp³-hybridized carbons (Fsp3) is 0.370. The molecule has 0 spiro atoms. The summed E-state index contributed by atoms with van der Waals surface area (Å²) < 4.78 is 6.71. The summed E-state index contributed by atoms with van der Waals surface area (Å²) in [7, 11) is 0. The van der Waals surface area contributed by atoms with Gasteiger partial charge in [0.2, 0.25) is 5.91 Å². The first-order chi connectivity index (χ1) is 18.7. The Bertz CT molecular complexity index is 1490. The van der Waals surface area contributed by atoms with E-state index in [0.29, 0.717) is 24.5 Å². The molecule has 2 N–H and O–H groups in total. The second-order valence-electron chi connectivity index (χ2n) is 9.91. The molecule has 2 aromatic heterocycles. The normalized spacial score (nSPS) is 15.6. The zero-order valence-electron chi connectivity index (χ0n) is 21.6. The van der Waals surface area contributed by atoms with E-state index >= 15 is 0 Å². The van der Waals surface area contributed by atoms with Crippen molar-refractivity contribution in [3.8, 4) is 5.75 Å². The lowest BCUT2D eigenvalue weighted by molar-refractivity contribution is -0.137. The van der Waals surface area contributed by atoms with Crippen LogP contribution in [0.5, 0.6) is 5.75 Å². The number of nitrogens with one attached hydrogen (secondary N) is 2. The van der Waals surface area contributed by atoms with Gasteiger partial charge in [-0.3, -0.25) is 24.0 Å². The minimum Gasteiger partial charge on any atom is -0.486 e. The molecule has 5 rings (SSSR count). The monoisotopic (exact) mass is 532 g/mol. The molecule has 1 saturated heterocycles. The van der Waals surface area contributed by atoms with Gasteiger partial charge in [-0.2, -0.15) is 5.10 Å². The van der Waals surface area contributed by atoms with Crippen molar-refractivity contribution in [2.45, 2.75) is 39.3 Å². The van der Waals surface area contributed by atoms with Crippen molar-refractivity contribution in [1.82, 2.24) is 30.1 Å². The van der Waals surface area contributed by atoms with E-state index in [9.17, 15) is 24.0 Å². The Morgan fingerprint density at radius 2 is 1.92 bits per heavy atom. The number of carbonyl (C=O) groups is 5.